The lowest BCUT2D eigenvalue weighted by molar-refractivity contribution is 0.0599. The highest BCUT2D eigenvalue weighted by molar-refractivity contribution is 5.90. The number of carbonyl (C=O) groups excluding carboxylic acids is 1. The minimum absolute atomic E-state index is 0.345. The maximum Gasteiger partial charge on any atom is 0.341 e. The smallest absolute Gasteiger partial charge is 0.341 e. The van der Waals surface area contributed by atoms with Crippen molar-refractivity contribution in [3.8, 4) is 0 Å². The molecule has 0 spiro atoms. The Kier molecular flexibility index (Phi) is 6.27. The van der Waals surface area contributed by atoms with E-state index in [4.69, 9.17) is 9.15 Å². The van der Waals surface area contributed by atoms with Gasteiger partial charge in [0.15, 0.2) is 5.96 Å². The molecule has 0 aliphatic heterocycles. The van der Waals surface area contributed by atoms with Gasteiger partial charge in [-0.05, 0) is 32.0 Å². The van der Waals surface area contributed by atoms with Crippen molar-refractivity contribution in [1.29, 1.82) is 0 Å². The summed E-state index contributed by atoms with van der Waals surface area (Å²) in [4.78, 5) is 18.3. The molecule has 0 amide bonds. The van der Waals surface area contributed by atoms with Crippen LogP contribution in [0.1, 0.15) is 34.5 Å². The fourth-order valence-corrected chi connectivity index (χ4v) is 2.54. The first-order valence-electron chi connectivity index (χ1n) is 8.23. The second-order valence-electron chi connectivity index (χ2n) is 5.81. The molecule has 7 heteroatoms. The van der Waals surface area contributed by atoms with Crippen molar-refractivity contribution in [2.24, 2.45) is 12.0 Å². The van der Waals surface area contributed by atoms with Crippen molar-refractivity contribution in [1.82, 2.24) is 14.8 Å². The molecule has 0 aromatic carbocycles. The minimum Gasteiger partial charge on any atom is -0.465 e. The van der Waals surface area contributed by atoms with Gasteiger partial charge in [0.2, 0.25) is 0 Å². The predicted octanol–water partition coefficient (Wildman–Crippen LogP) is 2.31. The number of hydrogen-bond acceptors (Lipinski definition) is 4. The van der Waals surface area contributed by atoms with Crippen molar-refractivity contribution in [3.05, 3.63) is 47.2 Å². The Labute approximate surface area is 148 Å². The molecule has 0 unspecified atom stereocenters. The fourth-order valence-electron chi connectivity index (χ4n) is 2.54. The molecular weight excluding hydrogens is 320 g/mol. The first-order valence-corrected chi connectivity index (χ1v) is 8.23. The molecule has 1 N–H and O–H groups in total. The second-order valence-corrected chi connectivity index (χ2v) is 5.81. The fraction of sp³-hybridized carbons (Fsp3) is 0.444. The quantitative estimate of drug-likeness (QED) is 0.494. The summed E-state index contributed by atoms with van der Waals surface area (Å²) < 4.78 is 12.4. The minimum atomic E-state index is -0.399. The summed E-state index contributed by atoms with van der Waals surface area (Å²) in [7, 11) is 5.36. The number of esters is 1. The van der Waals surface area contributed by atoms with Gasteiger partial charge < -0.3 is 23.9 Å². The number of aryl methyl sites for hydroxylation is 2. The zero-order chi connectivity index (χ0) is 18.4. The molecule has 0 radical (unpaired) electrons. The lowest BCUT2D eigenvalue weighted by Gasteiger charge is -2.22. The molecule has 0 saturated heterocycles. The van der Waals surface area contributed by atoms with E-state index in [1.165, 1.54) is 12.8 Å². The normalized spacial score (nSPS) is 11.5. The van der Waals surface area contributed by atoms with Crippen LogP contribution in [0.3, 0.4) is 0 Å². The highest BCUT2D eigenvalue weighted by atomic mass is 16.5. The van der Waals surface area contributed by atoms with E-state index in [1.807, 2.05) is 33.3 Å². The Bertz CT molecular complexity index is 745. The molecule has 7 nitrogen and oxygen atoms in total. The molecule has 2 rings (SSSR count). The van der Waals surface area contributed by atoms with E-state index in [1.54, 1.807) is 13.0 Å². The highest BCUT2D eigenvalue weighted by Gasteiger charge is 2.15. The molecule has 25 heavy (non-hydrogen) atoms. The van der Waals surface area contributed by atoms with Crippen molar-refractivity contribution in [2.45, 2.75) is 26.9 Å². The number of guanidine groups is 1. The third-order valence-corrected chi connectivity index (χ3v) is 3.91. The van der Waals surface area contributed by atoms with Crippen molar-refractivity contribution < 1.29 is 13.9 Å². The summed E-state index contributed by atoms with van der Waals surface area (Å²) in [5.41, 5.74) is 1.63. The van der Waals surface area contributed by atoms with E-state index in [-0.39, 0.29) is 0 Å². The van der Waals surface area contributed by atoms with Gasteiger partial charge in [-0.25, -0.2) is 9.79 Å². The number of hydrogen-bond donors (Lipinski definition) is 1. The standard InChI is InChI=1S/C18H26N4O3/c1-6-19-18(22(4)12-14-8-7-9-21(14)3)20-11-15-10-16(13(2)25-15)17(23)24-5/h7-10H,6,11-12H2,1-5H3,(H,19,20). The summed E-state index contributed by atoms with van der Waals surface area (Å²) in [6.07, 6.45) is 2.02. The van der Waals surface area contributed by atoms with E-state index in [9.17, 15) is 4.79 Å². The summed E-state index contributed by atoms with van der Waals surface area (Å²) >= 11 is 0. The van der Waals surface area contributed by atoms with Crippen LogP contribution in [0.2, 0.25) is 0 Å². The Hall–Kier alpha value is -2.70. The molecule has 0 aliphatic carbocycles. The third kappa shape index (κ3) is 4.65. The molecule has 2 aromatic rings. The number of furan rings is 1. The summed E-state index contributed by atoms with van der Waals surface area (Å²) in [5.74, 6) is 1.54. The van der Waals surface area contributed by atoms with Gasteiger partial charge in [-0.1, -0.05) is 0 Å². The molecule has 2 heterocycles. The topological polar surface area (TPSA) is 72.0 Å². The van der Waals surface area contributed by atoms with E-state index >= 15 is 0 Å². The number of aromatic nitrogens is 1. The van der Waals surface area contributed by atoms with Gasteiger partial charge in [0.05, 0.1) is 13.7 Å². The molecule has 2 aromatic heterocycles. The van der Waals surface area contributed by atoms with E-state index in [0.29, 0.717) is 23.6 Å². The first kappa shape index (κ1) is 18.6. The summed E-state index contributed by atoms with van der Waals surface area (Å²) in [5, 5.41) is 3.27. The third-order valence-electron chi connectivity index (χ3n) is 3.91. The van der Waals surface area contributed by atoms with Gasteiger partial charge in [-0.2, -0.15) is 0 Å². The van der Waals surface area contributed by atoms with Gasteiger partial charge in [0.1, 0.15) is 23.6 Å². The number of carbonyl (C=O) groups is 1. The maximum absolute atomic E-state index is 11.7. The molecule has 0 bridgehead atoms. The van der Waals surface area contributed by atoms with Crippen molar-refractivity contribution in [2.75, 3.05) is 20.7 Å². The van der Waals surface area contributed by atoms with Crippen LogP contribution in [0.5, 0.6) is 0 Å². The lowest BCUT2D eigenvalue weighted by Crippen LogP contribution is -2.38. The van der Waals surface area contributed by atoms with Gasteiger partial charge in [-0.3, -0.25) is 0 Å². The van der Waals surface area contributed by atoms with Crippen LogP contribution in [0.25, 0.3) is 0 Å². The summed E-state index contributed by atoms with van der Waals surface area (Å²) in [6, 6.07) is 5.79. The van der Waals surface area contributed by atoms with Crippen LogP contribution < -0.4 is 5.32 Å². The molecule has 0 fully saturated rings. The van der Waals surface area contributed by atoms with Gasteiger partial charge in [0, 0.05) is 32.5 Å². The Balaban J connectivity index is 2.11. The molecule has 0 aliphatic rings. The maximum atomic E-state index is 11.7. The average Bonchev–Trinajstić information content (AvgIpc) is 3.16. The second kappa shape index (κ2) is 8.41. The van der Waals surface area contributed by atoms with Gasteiger partial charge in [-0.15, -0.1) is 0 Å². The molecular formula is C18H26N4O3. The SMILES string of the molecule is CCNC(=NCc1cc(C(=O)OC)c(C)o1)N(C)Cc1cccn1C. The van der Waals surface area contributed by atoms with Crippen molar-refractivity contribution >= 4 is 11.9 Å². The molecule has 0 saturated carbocycles. The Morgan fingerprint density at radius 1 is 1.48 bits per heavy atom. The average molecular weight is 346 g/mol. The predicted molar refractivity (Wildman–Crippen MR) is 96.5 cm³/mol. The molecule has 0 atom stereocenters. The number of nitrogens with zero attached hydrogens (tertiary/aromatic N) is 3. The lowest BCUT2D eigenvalue weighted by atomic mass is 10.2. The number of aliphatic imine (C=N–C) groups is 1. The van der Waals surface area contributed by atoms with Crippen LogP contribution in [-0.4, -0.2) is 42.1 Å². The van der Waals surface area contributed by atoms with Crippen LogP contribution in [-0.2, 0) is 24.9 Å². The van der Waals surface area contributed by atoms with E-state index in [0.717, 1.165) is 19.0 Å². The van der Waals surface area contributed by atoms with E-state index < -0.39 is 5.97 Å². The van der Waals surface area contributed by atoms with Crippen LogP contribution >= 0.6 is 0 Å². The Morgan fingerprint density at radius 3 is 2.84 bits per heavy atom. The molecule has 136 valence electrons. The monoisotopic (exact) mass is 346 g/mol. The van der Waals surface area contributed by atoms with Crippen LogP contribution in [0, 0.1) is 6.92 Å². The van der Waals surface area contributed by atoms with Crippen LogP contribution in [0.4, 0.5) is 0 Å². The Morgan fingerprint density at radius 2 is 2.24 bits per heavy atom. The zero-order valence-corrected chi connectivity index (χ0v) is 15.5. The highest BCUT2D eigenvalue weighted by Crippen LogP contribution is 2.16. The summed E-state index contributed by atoms with van der Waals surface area (Å²) in [6.45, 7) is 5.61. The van der Waals surface area contributed by atoms with Gasteiger partial charge >= 0.3 is 5.97 Å². The number of rotatable bonds is 6. The van der Waals surface area contributed by atoms with E-state index in [2.05, 4.69) is 25.8 Å². The zero-order valence-electron chi connectivity index (χ0n) is 15.5. The number of ether oxygens (including phenoxy) is 1. The first-order chi connectivity index (χ1) is 12.0. The van der Waals surface area contributed by atoms with Gasteiger partial charge in [0.25, 0.3) is 0 Å². The van der Waals surface area contributed by atoms with Crippen LogP contribution in [0.15, 0.2) is 33.8 Å². The van der Waals surface area contributed by atoms with Crippen molar-refractivity contribution in [3.63, 3.8) is 0 Å². The largest absolute Gasteiger partial charge is 0.465 e. The number of methoxy groups -OCH3 is 1. The number of nitrogens with one attached hydrogen (secondary N) is 1.